The zero-order valence-electron chi connectivity index (χ0n) is 12.0. The largest absolute Gasteiger partial charge is 0.469 e. The number of hydrogen-bond donors (Lipinski definition) is 0. The van der Waals surface area contributed by atoms with Crippen molar-refractivity contribution in [3.05, 3.63) is 30.3 Å². The Labute approximate surface area is 125 Å². The first-order valence-corrected chi connectivity index (χ1v) is 8.42. The van der Waals surface area contributed by atoms with Crippen LogP contribution in [0.3, 0.4) is 0 Å². The van der Waals surface area contributed by atoms with Gasteiger partial charge in [0.05, 0.1) is 13.0 Å². The van der Waals surface area contributed by atoms with Gasteiger partial charge in [-0.3, -0.25) is 4.79 Å². The van der Waals surface area contributed by atoms with E-state index in [-0.39, 0.29) is 11.9 Å². The Morgan fingerprint density at radius 3 is 2.30 bits per heavy atom. The first-order valence-electron chi connectivity index (χ1n) is 7.54. The fourth-order valence-electron chi connectivity index (χ4n) is 3.94. The number of fused-ring (bicyclic) bond motifs is 2. The summed E-state index contributed by atoms with van der Waals surface area (Å²) < 4.78 is 4.93. The van der Waals surface area contributed by atoms with Gasteiger partial charge >= 0.3 is 5.97 Å². The maximum absolute atomic E-state index is 11.7. The Morgan fingerprint density at radius 2 is 1.70 bits per heavy atom. The molecule has 20 heavy (non-hydrogen) atoms. The van der Waals surface area contributed by atoms with Gasteiger partial charge in [0.15, 0.2) is 0 Å². The van der Waals surface area contributed by atoms with Crippen molar-refractivity contribution in [2.45, 2.75) is 42.2 Å². The molecule has 0 N–H and O–H groups in total. The molecular weight excluding hydrogens is 268 g/mol. The molecule has 3 rings (SSSR count). The molecule has 1 aromatic carbocycles. The molecule has 2 fully saturated rings. The summed E-state index contributed by atoms with van der Waals surface area (Å²) in [5.41, 5.74) is 0. The summed E-state index contributed by atoms with van der Waals surface area (Å²) in [4.78, 5) is 13.1. The standard InChI is InChI=1S/C17H22O2S/c1-19-17(18)14-8-12-7-13(9-14)11-16(10-12)20-15-5-3-2-4-6-15/h2-6,12-14,16H,7-11H2,1H3/t12-,13?,14-,16?/m0/s1. The predicted molar refractivity (Wildman–Crippen MR) is 81.7 cm³/mol. The lowest BCUT2D eigenvalue weighted by Crippen LogP contribution is -2.35. The normalized spacial score (nSPS) is 32.6. The molecule has 2 nitrogen and oxygen atoms in total. The van der Waals surface area contributed by atoms with Gasteiger partial charge in [0.2, 0.25) is 0 Å². The molecular formula is C17H22O2S. The Balaban J connectivity index is 1.60. The Kier molecular flexibility index (Phi) is 4.35. The highest BCUT2D eigenvalue weighted by molar-refractivity contribution is 8.00. The number of methoxy groups -OCH3 is 1. The average molecular weight is 290 g/mol. The van der Waals surface area contributed by atoms with E-state index in [1.165, 1.54) is 31.3 Å². The van der Waals surface area contributed by atoms with Crippen molar-refractivity contribution in [3.8, 4) is 0 Å². The van der Waals surface area contributed by atoms with Gasteiger partial charge in [-0.2, -0.15) is 0 Å². The zero-order chi connectivity index (χ0) is 13.9. The van der Waals surface area contributed by atoms with E-state index >= 15 is 0 Å². The van der Waals surface area contributed by atoms with Gasteiger partial charge < -0.3 is 4.74 Å². The lowest BCUT2D eigenvalue weighted by atomic mass is 9.68. The van der Waals surface area contributed by atoms with E-state index in [2.05, 4.69) is 30.3 Å². The summed E-state index contributed by atoms with van der Waals surface area (Å²) in [7, 11) is 1.51. The second-order valence-electron chi connectivity index (χ2n) is 6.18. The fourth-order valence-corrected chi connectivity index (χ4v) is 5.37. The van der Waals surface area contributed by atoms with Crippen LogP contribution in [0.5, 0.6) is 0 Å². The average Bonchev–Trinajstić information content (AvgIpc) is 2.46. The van der Waals surface area contributed by atoms with Gasteiger partial charge in [0.1, 0.15) is 0 Å². The molecule has 0 aliphatic heterocycles. The van der Waals surface area contributed by atoms with Crippen LogP contribution in [0.15, 0.2) is 35.2 Å². The number of hydrogen-bond acceptors (Lipinski definition) is 3. The lowest BCUT2D eigenvalue weighted by Gasteiger charge is -2.41. The van der Waals surface area contributed by atoms with Crippen LogP contribution in [0.2, 0.25) is 0 Å². The molecule has 0 saturated heterocycles. The van der Waals surface area contributed by atoms with Crippen molar-refractivity contribution in [1.82, 2.24) is 0 Å². The third-order valence-corrected chi connectivity index (χ3v) is 5.94. The van der Waals surface area contributed by atoms with Crippen molar-refractivity contribution in [2.24, 2.45) is 17.8 Å². The van der Waals surface area contributed by atoms with Crippen LogP contribution in [0, 0.1) is 17.8 Å². The van der Waals surface area contributed by atoms with Crippen molar-refractivity contribution in [2.75, 3.05) is 7.11 Å². The van der Waals surface area contributed by atoms with E-state index in [4.69, 9.17) is 4.74 Å². The third kappa shape index (κ3) is 3.20. The van der Waals surface area contributed by atoms with Crippen LogP contribution in [0.25, 0.3) is 0 Å². The van der Waals surface area contributed by atoms with E-state index in [1.54, 1.807) is 0 Å². The molecule has 0 radical (unpaired) electrons. The highest BCUT2D eigenvalue weighted by atomic mass is 32.2. The van der Waals surface area contributed by atoms with Crippen LogP contribution in [-0.4, -0.2) is 18.3 Å². The minimum absolute atomic E-state index is 0.00821. The Bertz CT molecular complexity index is 445. The first kappa shape index (κ1) is 14.0. The molecule has 0 heterocycles. The number of carbonyl (C=O) groups is 1. The monoisotopic (exact) mass is 290 g/mol. The van der Waals surface area contributed by atoms with E-state index in [1.807, 2.05) is 11.8 Å². The fraction of sp³-hybridized carbons (Fsp3) is 0.588. The van der Waals surface area contributed by atoms with Gasteiger partial charge in [0.25, 0.3) is 0 Å². The lowest BCUT2D eigenvalue weighted by molar-refractivity contribution is -0.148. The molecule has 2 bridgehead atoms. The van der Waals surface area contributed by atoms with Crippen LogP contribution >= 0.6 is 11.8 Å². The van der Waals surface area contributed by atoms with Gasteiger partial charge in [-0.05, 0) is 56.1 Å². The maximum Gasteiger partial charge on any atom is 0.308 e. The molecule has 0 aromatic heterocycles. The second kappa shape index (κ2) is 6.21. The van der Waals surface area contributed by atoms with E-state index in [0.29, 0.717) is 11.8 Å². The summed E-state index contributed by atoms with van der Waals surface area (Å²) in [6.07, 6.45) is 5.90. The van der Waals surface area contributed by atoms with Crippen molar-refractivity contribution in [1.29, 1.82) is 0 Å². The molecule has 0 amide bonds. The highest BCUT2D eigenvalue weighted by Gasteiger charge is 2.39. The SMILES string of the molecule is COC(=O)[C@@H]1CC2CC(Sc3ccccc3)C[C@@H](C2)C1. The number of benzene rings is 1. The van der Waals surface area contributed by atoms with Crippen LogP contribution in [-0.2, 0) is 9.53 Å². The van der Waals surface area contributed by atoms with Crippen LogP contribution < -0.4 is 0 Å². The molecule has 1 aromatic rings. The number of rotatable bonds is 3. The number of ether oxygens (including phenoxy) is 1. The van der Waals surface area contributed by atoms with Crippen molar-refractivity contribution < 1.29 is 9.53 Å². The third-order valence-electron chi connectivity index (χ3n) is 4.68. The molecule has 2 aliphatic rings. The number of carbonyl (C=O) groups excluding carboxylic acids is 1. The highest BCUT2D eigenvalue weighted by Crippen LogP contribution is 2.47. The molecule has 4 atom stereocenters. The molecule has 2 unspecified atom stereocenters. The van der Waals surface area contributed by atoms with Crippen molar-refractivity contribution in [3.63, 3.8) is 0 Å². The van der Waals surface area contributed by atoms with E-state index in [9.17, 15) is 4.79 Å². The Hall–Kier alpha value is -0.960. The summed E-state index contributed by atoms with van der Waals surface area (Å²) in [5, 5.41) is 0.722. The summed E-state index contributed by atoms with van der Waals surface area (Å²) >= 11 is 2.02. The topological polar surface area (TPSA) is 26.3 Å². The quantitative estimate of drug-likeness (QED) is 0.782. The van der Waals surface area contributed by atoms with Gasteiger partial charge in [-0.15, -0.1) is 11.8 Å². The molecule has 108 valence electrons. The second-order valence-corrected chi connectivity index (χ2v) is 7.56. The van der Waals surface area contributed by atoms with Gasteiger partial charge in [0, 0.05) is 10.1 Å². The number of thioether (sulfide) groups is 1. The smallest absolute Gasteiger partial charge is 0.308 e. The summed E-state index contributed by atoms with van der Waals surface area (Å²) in [6, 6.07) is 10.7. The van der Waals surface area contributed by atoms with Crippen LogP contribution in [0.1, 0.15) is 32.1 Å². The summed E-state index contributed by atoms with van der Waals surface area (Å²) in [6.45, 7) is 0. The van der Waals surface area contributed by atoms with Crippen molar-refractivity contribution >= 4 is 17.7 Å². The maximum atomic E-state index is 11.7. The predicted octanol–water partition coefficient (Wildman–Crippen LogP) is 4.15. The minimum Gasteiger partial charge on any atom is -0.469 e. The number of esters is 1. The first-order chi connectivity index (χ1) is 9.74. The zero-order valence-corrected chi connectivity index (χ0v) is 12.8. The van der Waals surface area contributed by atoms with E-state index in [0.717, 1.165) is 18.1 Å². The molecule has 0 spiro atoms. The molecule has 2 aliphatic carbocycles. The van der Waals surface area contributed by atoms with Gasteiger partial charge in [-0.25, -0.2) is 0 Å². The summed E-state index contributed by atoms with van der Waals surface area (Å²) in [5.74, 6) is 1.60. The molecule has 2 saturated carbocycles. The van der Waals surface area contributed by atoms with E-state index < -0.39 is 0 Å². The minimum atomic E-state index is 0.00821. The molecule has 3 heteroatoms. The van der Waals surface area contributed by atoms with Crippen LogP contribution in [0.4, 0.5) is 0 Å². The Morgan fingerprint density at radius 1 is 1.05 bits per heavy atom. The van der Waals surface area contributed by atoms with Gasteiger partial charge in [-0.1, -0.05) is 18.2 Å².